The smallest absolute Gasteiger partial charge is 0.367 e. The summed E-state index contributed by atoms with van der Waals surface area (Å²) in [5.74, 6) is 3.31. The molecule has 0 spiro atoms. The molecular formula is C11H12N2O4S5. The summed E-state index contributed by atoms with van der Waals surface area (Å²) in [6, 6.07) is 0. The average molecular weight is 397 g/mol. The number of ether oxygens (including phenoxy) is 3. The number of carbonyl (C=O) groups is 1. The average Bonchev–Trinajstić information content (AvgIpc) is 2.94. The van der Waals surface area contributed by atoms with Gasteiger partial charge in [0.15, 0.2) is 20.4 Å². The van der Waals surface area contributed by atoms with Crippen LogP contribution in [-0.2, 0) is 14.2 Å². The number of nitrogens with zero attached hydrogens (tertiary/aromatic N) is 2. The van der Waals surface area contributed by atoms with E-state index in [1.54, 1.807) is 34.9 Å². The third-order valence-corrected chi connectivity index (χ3v) is 8.56. The van der Waals surface area contributed by atoms with Gasteiger partial charge < -0.3 is 14.2 Å². The number of rotatable bonds is 6. The number of aromatic nitrogens is 2. The molecule has 1 aromatic rings. The highest BCUT2D eigenvalue weighted by Gasteiger charge is 2.46. The molecule has 6 nitrogen and oxygen atoms in total. The number of hydrogen-bond donors (Lipinski definition) is 0. The minimum atomic E-state index is -0.175. The molecule has 1 aromatic heterocycles. The zero-order valence-electron chi connectivity index (χ0n) is 11.2. The molecule has 0 bridgehead atoms. The number of thioether (sulfide) groups is 4. The lowest BCUT2D eigenvalue weighted by molar-refractivity contribution is 0.0121. The molecule has 11 heteroatoms. The molecule has 0 amide bonds. The van der Waals surface area contributed by atoms with Crippen molar-refractivity contribution in [2.45, 2.75) is 32.6 Å². The first kappa shape index (κ1) is 15.9. The van der Waals surface area contributed by atoms with Gasteiger partial charge in [-0.2, -0.15) is 0 Å². The normalized spacial score (nSPS) is 33.5. The number of hydrogen-bond acceptors (Lipinski definition) is 11. The van der Waals surface area contributed by atoms with E-state index in [0.29, 0.717) is 0 Å². The third-order valence-electron chi connectivity index (χ3n) is 3.01. The first-order valence-corrected chi connectivity index (χ1v) is 11.4. The Morgan fingerprint density at radius 3 is 2.55 bits per heavy atom. The van der Waals surface area contributed by atoms with Crippen molar-refractivity contribution in [1.29, 1.82) is 0 Å². The fourth-order valence-corrected chi connectivity index (χ4v) is 6.99. The summed E-state index contributed by atoms with van der Waals surface area (Å²) in [6.07, 6.45) is 0.215. The minimum absolute atomic E-state index is 0.0110. The van der Waals surface area contributed by atoms with E-state index >= 15 is 0 Å². The molecule has 3 fully saturated rings. The van der Waals surface area contributed by atoms with Gasteiger partial charge in [-0.15, -0.1) is 22.0 Å². The molecule has 0 aliphatic carbocycles. The van der Waals surface area contributed by atoms with E-state index < -0.39 is 0 Å². The quantitative estimate of drug-likeness (QED) is 0.407. The van der Waals surface area contributed by atoms with Crippen molar-refractivity contribution in [2.24, 2.45) is 0 Å². The van der Waals surface area contributed by atoms with Gasteiger partial charge in [-0.05, 0) is 11.8 Å². The lowest BCUT2D eigenvalue weighted by atomic mass is 10.5. The lowest BCUT2D eigenvalue weighted by Crippen LogP contribution is -2.25. The maximum Gasteiger partial charge on any atom is 0.367 e. The van der Waals surface area contributed by atoms with Crippen LogP contribution in [0.25, 0.3) is 0 Å². The van der Waals surface area contributed by atoms with Crippen molar-refractivity contribution >= 4 is 63.7 Å². The second-order valence-corrected chi connectivity index (χ2v) is 10.3. The highest BCUT2D eigenvalue weighted by molar-refractivity contribution is 8.13. The molecule has 4 rings (SSSR count). The van der Waals surface area contributed by atoms with Crippen LogP contribution in [0.2, 0.25) is 0 Å². The maximum absolute atomic E-state index is 11.0. The number of carbonyl (C=O) groups excluding carboxylic acids is 1. The van der Waals surface area contributed by atoms with E-state index in [2.05, 4.69) is 10.2 Å². The summed E-state index contributed by atoms with van der Waals surface area (Å²) >= 11 is 7.91. The second-order valence-electron chi connectivity index (χ2n) is 4.72. The number of fused-ring (bicyclic) bond motifs is 1. The molecule has 0 aromatic carbocycles. The first-order valence-electron chi connectivity index (χ1n) is 6.61. The molecule has 4 atom stereocenters. The van der Waals surface area contributed by atoms with Gasteiger partial charge in [-0.3, -0.25) is 0 Å². The second kappa shape index (κ2) is 7.08. The van der Waals surface area contributed by atoms with E-state index in [0.717, 1.165) is 31.7 Å². The molecule has 22 heavy (non-hydrogen) atoms. The Bertz CT molecular complexity index is 558. The van der Waals surface area contributed by atoms with E-state index in [-0.39, 0.29) is 29.2 Å². The van der Waals surface area contributed by atoms with Crippen LogP contribution in [-0.4, -0.2) is 62.4 Å². The van der Waals surface area contributed by atoms with Crippen LogP contribution in [0, 0.1) is 0 Å². The summed E-state index contributed by atoms with van der Waals surface area (Å²) in [6.45, 7) is 0. The maximum atomic E-state index is 11.0. The Balaban J connectivity index is 1.20. The van der Waals surface area contributed by atoms with E-state index in [1.807, 2.05) is 11.8 Å². The Hall–Kier alpha value is 0.350. The predicted octanol–water partition coefficient (Wildman–Crippen LogP) is 2.79. The Morgan fingerprint density at radius 1 is 1.09 bits per heavy atom. The Kier molecular flexibility index (Phi) is 5.10. The van der Waals surface area contributed by atoms with Crippen LogP contribution < -0.4 is 0 Å². The highest BCUT2D eigenvalue weighted by Crippen LogP contribution is 2.41. The van der Waals surface area contributed by atoms with Gasteiger partial charge in [0, 0.05) is 23.0 Å². The molecule has 4 heterocycles. The van der Waals surface area contributed by atoms with Gasteiger partial charge in [-0.1, -0.05) is 34.9 Å². The lowest BCUT2D eigenvalue weighted by Gasteiger charge is -2.17. The summed E-state index contributed by atoms with van der Waals surface area (Å²) in [5, 5.41) is 8.20. The topological polar surface area (TPSA) is 73.8 Å². The molecule has 120 valence electrons. The fourth-order valence-electron chi connectivity index (χ4n) is 1.91. The highest BCUT2D eigenvalue weighted by atomic mass is 32.2. The molecule has 3 aliphatic rings. The van der Waals surface area contributed by atoms with Crippen LogP contribution in [0.3, 0.4) is 0 Å². The predicted molar refractivity (Wildman–Crippen MR) is 90.1 cm³/mol. The SMILES string of the molecule is O=C1OC(CSc2nnc(SCC3CSC4OC4O3)s2)CS1. The van der Waals surface area contributed by atoms with Gasteiger partial charge in [0.1, 0.15) is 6.10 Å². The van der Waals surface area contributed by atoms with E-state index in [4.69, 9.17) is 14.2 Å². The van der Waals surface area contributed by atoms with Crippen molar-refractivity contribution in [3.8, 4) is 0 Å². The van der Waals surface area contributed by atoms with Gasteiger partial charge in [0.05, 0.1) is 6.10 Å². The van der Waals surface area contributed by atoms with Gasteiger partial charge >= 0.3 is 5.30 Å². The monoisotopic (exact) mass is 396 g/mol. The molecule has 0 saturated carbocycles. The third kappa shape index (κ3) is 4.05. The number of cyclic esters (lactones) is 1. The van der Waals surface area contributed by atoms with Gasteiger partial charge in [0.2, 0.25) is 0 Å². The largest absolute Gasteiger partial charge is 0.452 e. The van der Waals surface area contributed by atoms with Crippen molar-refractivity contribution in [3.63, 3.8) is 0 Å². The van der Waals surface area contributed by atoms with E-state index in [9.17, 15) is 4.79 Å². The molecule has 0 N–H and O–H groups in total. The summed E-state index contributed by atoms with van der Waals surface area (Å²) in [7, 11) is 0. The summed E-state index contributed by atoms with van der Waals surface area (Å²) in [4.78, 5) is 11.0. The van der Waals surface area contributed by atoms with Crippen LogP contribution in [0.1, 0.15) is 0 Å². The molecule has 3 aliphatic heterocycles. The number of epoxide rings is 1. The molecule has 3 saturated heterocycles. The molecule has 4 unspecified atom stereocenters. The van der Waals surface area contributed by atoms with Gasteiger partial charge in [-0.25, -0.2) is 4.79 Å². The zero-order valence-corrected chi connectivity index (χ0v) is 15.3. The summed E-state index contributed by atoms with van der Waals surface area (Å²) < 4.78 is 18.1. The van der Waals surface area contributed by atoms with E-state index in [1.165, 1.54) is 11.8 Å². The van der Waals surface area contributed by atoms with Crippen LogP contribution in [0.5, 0.6) is 0 Å². The van der Waals surface area contributed by atoms with Crippen molar-refractivity contribution < 1.29 is 19.0 Å². The first-order chi connectivity index (χ1) is 10.8. The van der Waals surface area contributed by atoms with Crippen molar-refractivity contribution in [2.75, 3.05) is 23.0 Å². The van der Waals surface area contributed by atoms with Crippen LogP contribution in [0.4, 0.5) is 4.79 Å². The summed E-state index contributed by atoms with van der Waals surface area (Å²) in [5.41, 5.74) is 0.272. The minimum Gasteiger partial charge on any atom is -0.452 e. The van der Waals surface area contributed by atoms with Gasteiger partial charge in [0.25, 0.3) is 0 Å². The molecular weight excluding hydrogens is 384 g/mol. The van der Waals surface area contributed by atoms with Crippen LogP contribution >= 0.6 is 58.4 Å². The zero-order chi connectivity index (χ0) is 14.9. The van der Waals surface area contributed by atoms with Crippen molar-refractivity contribution in [1.82, 2.24) is 10.2 Å². The fraction of sp³-hybridized carbons (Fsp3) is 0.727. The standard InChI is InChI=1S/C11H12N2O4S5/c14-11-16-6(4-21-11)3-20-10-13-12-9(22-10)19-2-5-1-18-8-7(15-5)17-8/h5-8H,1-4H2. The van der Waals surface area contributed by atoms with Crippen molar-refractivity contribution in [3.05, 3.63) is 0 Å². The molecule has 0 radical (unpaired) electrons. The Labute approximate surface area is 148 Å². The van der Waals surface area contributed by atoms with Crippen LogP contribution in [0.15, 0.2) is 8.68 Å². The Morgan fingerprint density at radius 2 is 1.86 bits per heavy atom.